The van der Waals surface area contributed by atoms with E-state index in [9.17, 15) is 9.18 Å². The van der Waals surface area contributed by atoms with Crippen molar-refractivity contribution < 1.29 is 18.7 Å². The van der Waals surface area contributed by atoms with Crippen LogP contribution >= 0.6 is 11.6 Å². The van der Waals surface area contributed by atoms with E-state index in [-0.39, 0.29) is 10.9 Å². The quantitative estimate of drug-likeness (QED) is 0.835. The van der Waals surface area contributed by atoms with Gasteiger partial charge in [-0.15, -0.1) is 0 Å². The summed E-state index contributed by atoms with van der Waals surface area (Å²) in [5, 5.41) is 2.55. The normalized spacial score (nSPS) is 10.6. The first-order valence-electron chi connectivity index (χ1n) is 6.69. The Balaban J connectivity index is 2.07. The van der Waals surface area contributed by atoms with E-state index < -0.39 is 5.82 Å². The smallest absolute Gasteiger partial charge is 0.248 e. The van der Waals surface area contributed by atoms with Crippen molar-refractivity contribution in [3.8, 4) is 11.5 Å². The SMILES string of the molecule is COc1ccc(/C=C/C(=O)Nc2ccc(F)c(Cl)c2)cc1OC. The molecule has 23 heavy (non-hydrogen) atoms. The average molecular weight is 336 g/mol. The molecule has 6 heteroatoms. The molecule has 2 rings (SSSR count). The molecule has 0 bridgehead atoms. The number of benzene rings is 2. The summed E-state index contributed by atoms with van der Waals surface area (Å²) in [6.07, 6.45) is 2.99. The van der Waals surface area contributed by atoms with Crippen LogP contribution in [0.15, 0.2) is 42.5 Å². The lowest BCUT2D eigenvalue weighted by molar-refractivity contribution is -0.111. The van der Waals surface area contributed by atoms with Crippen LogP contribution < -0.4 is 14.8 Å². The molecule has 0 aliphatic carbocycles. The summed E-state index contributed by atoms with van der Waals surface area (Å²) < 4.78 is 23.4. The van der Waals surface area contributed by atoms with Gasteiger partial charge < -0.3 is 14.8 Å². The Kier molecular flexibility index (Phi) is 5.60. The summed E-state index contributed by atoms with van der Waals surface area (Å²) in [5.74, 6) is 0.281. The Hall–Kier alpha value is -2.53. The molecule has 4 nitrogen and oxygen atoms in total. The van der Waals surface area contributed by atoms with Crippen molar-refractivity contribution in [1.82, 2.24) is 0 Å². The fourth-order valence-corrected chi connectivity index (χ4v) is 2.07. The molecule has 0 aliphatic heterocycles. The number of hydrogen-bond donors (Lipinski definition) is 1. The highest BCUT2D eigenvalue weighted by Crippen LogP contribution is 2.28. The molecule has 120 valence electrons. The number of hydrogen-bond acceptors (Lipinski definition) is 3. The highest BCUT2D eigenvalue weighted by Gasteiger charge is 2.05. The molecule has 2 aromatic carbocycles. The zero-order valence-corrected chi connectivity index (χ0v) is 13.4. The van der Waals surface area contributed by atoms with E-state index in [1.807, 2.05) is 0 Å². The van der Waals surface area contributed by atoms with Crippen molar-refractivity contribution in [2.45, 2.75) is 0 Å². The molecule has 0 aromatic heterocycles. The number of methoxy groups -OCH3 is 2. The summed E-state index contributed by atoms with van der Waals surface area (Å²) in [7, 11) is 3.09. The Morgan fingerprint density at radius 3 is 2.52 bits per heavy atom. The first-order chi connectivity index (χ1) is 11.0. The Morgan fingerprint density at radius 1 is 1.13 bits per heavy atom. The number of ether oxygens (including phenoxy) is 2. The van der Waals surface area contributed by atoms with E-state index in [0.717, 1.165) is 5.56 Å². The van der Waals surface area contributed by atoms with Crippen molar-refractivity contribution in [2.24, 2.45) is 0 Å². The molecular weight excluding hydrogens is 321 g/mol. The minimum atomic E-state index is -0.537. The van der Waals surface area contributed by atoms with Gasteiger partial charge in [-0.2, -0.15) is 0 Å². The number of carbonyl (C=O) groups excluding carboxylic acids is 1. The standard InChI is InChI=1S/C17H15ClFNO3/c1-22-15-7-3-11(9-16(15)23-2)4-8-17(21)20-12-5-6-14(19)13(18)10-12/h3-10H,1-2H3,(H,20,21)/b8-4+. The highest BCUT2D eigenvalue weighted by molar-refractivity contribution is 6.31. The number of carbonyl (C=O) groups is 1. The lowest BCUT2D eigenvalue weighted by Gasteiger charge is -2.07. The van der Waals surface area contributed by atoms with Crippen LogP contribution in [0.5, 0.6) is 11.5 Å². The summed E-state index contributed by atoms with van der Waals surface area (Å²) in [5.41, 5.74) is 1.19. The van der Waals surface area contributed by atoms with E-state index >= 15 is 0 Å². The van der Waals surface area contributed by atoms with Crippen molar-refractivity contribution >= 4 is 29.3 Å². The van der Waals surface area contributed by atoms with E-state index in [0.29, 0.717) is 17.2 Å². The van der Waals surface area contributed by atoms with Crippen LogP contribution in [0.2, 0.25) is 5.02 Å². The van der Waals surface area contributed by atoms with Gasteiger partial charge in [-0.25, -0.2) is 4.39 Å². The summed E-state index contributed by atoms with van der Waals surface area (Å²) in [4.78, 5) is 11.9. The molecule has 2 aromatic rings. The highest BCUT2D eigenvalue weighted by atomic mass is 35.5. The van der Waals surface area contributed by atoms with Gasteiger partial charge in [0, 0.05) is 11.8 Å². The molecule has 0 saturated heterocycles. The van der Waals surface area contributed by atoms with E-state index in [1.54, 1.807) is 31.4 Å². The van der Waals surface area contributed by atoms with Crippen LogP contribution in [0.25, 0.3) is 6.08 Å². The summed E-state index contributed by atoms with van der Waals surface area (Å²) >= 11 is 5.66. The zero-order valence-electron chi connectivity index (χ0n) is 12.6. The van der Waals surface area contributed by atoms with Crippen LogP contribution in [-0.4, -0.2) is 20.1 Å². The van der Waals surface area contributed by atoms with Crippen molar-refractivity contribution in [1.29, 1.82) is 0 Å². The third kappa shape index (κ3) is 4.47. The predicted molar refractivity (Wildman–Crippen MR) is 88.6 cm³/mol. The molecule has 1 amide bonds. The van der Waals surface area contributed by atoms with Crippen LogP contribution in [0.1, 0.15) is 5.56 Å². The van der Waals surface area contributed by atoms with Crippen LogP contribution in [-0.2, 0) is 4.79 Å². The van der Waals surface area contributed by atoms with Gasteiger partial charge in [0.25, 0.3) is 0 Å². The van der Waals surface area contributed by atoms with Crippen molar-refractivity contribution in [3.05, 3.63) is 58.9 Å². The fourth-order valence-electron chi connectivity index (χ4n) is 1.89. The summed E-state index contributed by atoms with van der Waals surface area (Å²) in [6, 6.07) is 9.26. The molecule has 0 radical (unpaired) electrons. The average Bonchev–Trinajstić information content (AvgIpc) is 2.56. The monoisotopic (exact) mass is 335 g/mol. The second-order valence-corrected chi connectivity index (χ2v) is 4.97. The zero-order chi connectivity index (χ0) is 16.8. The molecule has 0 unspecified atom stereocenters. The van der Waals surface area contributed by atoms with Gasteiger partial charge in [-0.3, -0.25) is 4.79 Å². The fraction of sp³-hybridized carbons (Fsp3) is 0.118. The molecule has 0 heterocycles. The van der Waals surface area contributed by atoms with Crippen LogP contribution in [0, 0.1) is 5.82 Å². The number of anilines is 1. The Bertz CT molecular complexity index is 747. The van der Waals surface area contributed by atoms with Gasteiger partial charge in [0.05, 0.1) is 19.2 Å². The second kappa shape index (κ2) is 7.65. The van der Waals surface area contributed by atoms with Gasteiger partial charge >= 0.3 is 0 Å². The number of nitrogens with one attached hydrogen (secondary N) is 1. The largest absolute Gasteiger partial charge is 0.493 e. The third-order valence-electron chi connectivity index (χ3n) is 3.02. The molecule has 0 spiro atoms. The molecular formula is C17H15ClFNO3. The van der Waals surface area contributed by atoms with Crippen molar-refractivity contribution in [2.75, 3.05) is 19.5 Å². The van der Waals surface area contributed by atoms with Gasteiger partial charge in [-0.1, -0.05) is 17.7 Å². The Labute approximate surface area is 138 Å². The minimum Gasteiger partial charge on any atom is -0.493 e. The van der Waals surface area contributed by atoms with Gasteiger partial charge in [0.1, 0.15) is 5.82 Å². The predicted octanol–water partition coefficient (Wildman–Crippen LogP) is 4.15. The number of halogens is 2. The van der Waals surface area contributed by atoms with Gasteiger partial charge in [-0.05, 0) is 42.0 Å². The molecule has 0 fully saturated rings. The molecule has 0 aliphatic rings. The maximum atomic E-state index is 13.1. The lowest BCUT2D eigenvalue weighted by atomic mass is 10.2. The first-order valence-corrected chi connectivity index (χ1v) is 7.07. The van der Waals surface area contributed by atoms with E-state index in [4.69, 9.17) is 21.1 Å². The second-order valence-electron chi connectivity index (χ2n) is 4.57. The van der Waals surface area contributed by atoms with Gasteiger partial charge in [0.2, 0.25) is 5.91 Å². The lowest BCUT2D eigenvalue weighted by Crippen LogP contribution is -2.07. The third-order valence-corrected chi connectivity index (χ3v) is 3.31. The maximum Gasteiger partial charge on any atom is 0.248 e. The molecule has 0 atom stereocenters. The van der Waals surface area contributed by atoms with Crippen LogP contribution in [0.4, 0.5) is 10.1 Å². The van der Waals surface area contributed by atoms with Crippen molar-refractivity contribution in [3.63, 3.8) is 0 Å². The van der Waals surface area contributed by atoms with E-state index in [2.05, 4.69) is 5.32 Å². The number of rotatable bonds is 5. The number of amides is 1. The minimum absolute atomic E-state index is 0.0494. The van der Waals surface area contributed by atoms with E-state index in [1.165, 1.54) is 31.4 Å². The topological polar surface area (TPSA) is 47.6 Å². The van der Waals surface area contributed by atoms with Crippen LogP contribution in [0.3, 0.4) is 0 Å². The molecule has 0 saturated carbocycles. The summed E-state index contributed by atoms with van der Waals surface area (Å²) in [6.45, 7) is 0. The molecule has 1 N–H and O–H groups in total. The van der Waals surface area contributed by atoms with Gasteiger partial charge in [0.15, 0.2) is 11.5 Å². The maximum absolute atomic E-state index is 13.1. The Morgan fingerprint density at radius 2 is 1.87 bits per heavy atom. The first kappa shape index (κ1) is 16.8.